The van der Waals surface area contributed by atoms with Crippen molar-refractivity contribution < 1.29 is 8.42 Å². The van der Waals surface area contributed by atoms with E-state index in [-0.39, 0.29) is 6.04 Å². The molecule has 0 aliphatic heterocycles. The number of thioether (sulfide) groups is 1. The van der Waals surface area contributed by atoms with E-state index in [4.69, 9.17) is 0 Å². The summed E-state index contributed by atoms with van der Waals surface area (Å²) in [5, 5.41) is 3.25. The maximum absolute atomic E-state index is 12.2. The number of hydrogen-bond acceptors (Lipinski definition) is 4. The number of hydrogen-bond donors (Lipinski definition) is 3. The fourth-order valence-electron chi connectivity index (χ4n) is 1.65. The van der Waals surface area contributed by atoms with Crippen molar-refractivity contribution in [1.29, 1.82) is 0 Å². The highest BCUT2D eigenvalue weighted by atomic mass is 32.2. The predicted octanol–water partition coefficient (Wildman–Crippen LogP) is 1.93. The van der Waals surface area contributed by atoms with Crippen LogP contribution in [0.15, 0.2) is 17.2 Å². The van der Waals surface area contributed by atoms with Gasteiger partial charge in [-0.15, -0.1) is 0 Å². The number of sulfonamides is 1. The highest BCUT2D eigenvalue weighted by molar-refractivity contribution is 7.99. The second-order valence-corrected chi connectivity index (χ2v) is 8.11. The van der Waals surface area contributed by atoms with Gasteiger partial charge in [0.15, 0.2) is 0 Å². The molecule has 0 saturated heterocycles. The molecular formula is C13H25N3O2S2. The van der Waals surface area contributed by atoms with E-state index in [0.717, 1.165) is 17.2 Å². The highest BCUT2D eigenvalue weighted by Crippen LogP contribution is 2.12. The average Bonchev–Trinajstić information content (AvgIpc) is 2.83. The highest BCUT2D eigenvalue weighted by Gasteiger charge is 2.18. The minimum atomic E-state index is -3.43. The number of rotatable bonds is 9. The molecule has 1 heterocycles. The largest absolute Gasteiger partial charge is 0.363 e. The van der Waals surface area contributed by atoms with E-state index in [1.165, 1.54) is 0 Å². The summed E-state index contributed by atoms with van der Waals surface area (Å²) in [5.41, 5.74) is 0.870. The standard InChI is InChI=1S/C13H25N3O2S2/c1-5-19-9-11(4)16-20(17,18)13-6-12(15-8-13)7-14-10(2)3/h6,8,10-11,14-16H,5,7,9H2,1-4H3. The Morgan fingerprint density at radius 1 is 1.35 bits per heavy atom. The van der Waals surface area contributed by atoms with Gasteiger partial charge in [0.25, 0.3) is 0 Å². The molecule has 1 rings (SSSR count). The number of H-pyrrole nitrogens is 1. The van der Waals surface area contributed by atoms with Gasteiger partial charge in [0.2, 0.25) is 10.0 Å². The van der Waals surface area contributed by atoms with Gasteiger partial charge in [0, 0.05) is 36.3 Å². The lowest BCUT2D eigenvalue weighted by molar-refractivity contribution is 0.571. The third-order valence-electron chi connectivity index (χ3n) is 2.66. The van der Waals surface area contributed by atoms with Crippen LogP contribution < -0.4 is 10.0 Å². The van der Waals surface area contributed by atoms with Crippen molar-refractivity contribution in [3.05, 3.63) is 18.0 Å². The smallest absolute Gasteiger partial charge is 0.242 e. The second-order valence-electron chi connectivity index (χ2n) is 5.08. The summed E-state index contributed by atoms with van der Waals surface area (Å²) in [6, 6.07) is 1.97. The predicted molar refractivity (Wildman–Crippen MR) is 85.6 cm³/mol. The zero-order valence-electron chi connectivity index (χ0n) is 12.6. The van der Waals surface area contributed by atoms with Crippen LogP contribution in [0.3, 0.4) is 0 Å². The minimum absolute atomic E-state index is 0.0721. The summed E-state index contributed by atoms with van der Waals surface area (Å²) in [4.78, 5) is 3.29. The Morgan fingerprint density at radius 2 is 2.05 bits per heavy atom. The van der Waals surface area contributed by atoms with E-state index in [9.17, 15) is 8.42 Å². The lowest BCUT2D eigenvalue weighted by Gasteiger charge is -2.12. The van der Waals surface area contributed by atoms with Crippen LogP contribution in [0.1, 0.15) is 33.4 Å². The van der Waals surface area contributed by atoms with Crippen LogP contribution in [0.25, 0.3) is 0 Å². The van der Waals surface area contributed by atoms with Crippen LogP contribution in [-0.4, -0.2) is 37.0 Å². The van der Waals surface area contributed by atoms with Gasteiger partial charge in [-0.05, 0) is 18.7 Å². The Bertz CT molecular complexity index is 497. The maximum atomic E-state index is 12.2. The van der Waals surface area contributed by atoms with Crippen molar-refractivity contribution in [2.24, 2.45) is 0 Å². The molecule has 116 valence electrons. The molecule has 1 aromatic rings. The van der Waals surface area contributed by atoms with E-state index in [1.807, 2.05) is 6.92 Å². The molecule has 1 atom stereocenters. The summed E-state index contributed by atoms with van der Waals surface area (Å²) in [6.07, 6.45) is 1.54. The minimum Gasteiger partial charge on any atom is -0.363 e. The van der Waals surface area contributed by atoms with Gasteiger partial charge in [0.1, 0.15) is 0 Å². The molecule has 0 amide bonds. The Kier molecular flexibility index (Phi) is 7.08. The lowest BCUT2D eigenvalue weighted by Crippen LogP contribution is -2.34. The molecule has 20 heavy (non-hydrogen) atoms. The van der Waals surface area contributed by atoms with Crippen LogP contribution in [0.2, 0.25) is 0 Å². The topological polar surface area (TPSA) is 74.0 Å². The molecule has 3 N–H and O–H groups in total. The van der Waals surface area contributed by atoms with E-state index < -0.39 is 10.0 Å². The third-order valence-corrected chi connectivity index (χ3v) is 5.37. The van der Waals surface area contributed by atoms with Crippen LogP contribution >= 0.6 is 11.8 Å². The Hall–Kier alpha value is -0.500. The van der Waals surface area contributed by atoms with E-state index in [0.29, 0.717) is 17.5 Å². The molecule has 1 unspecified atom stereocenters. The fourth-order valence-corrected chi connectivity index (χ4v) is 3.69. The zero-order chi connectivity index (χ0) is 15.2. The van der Waals surface area contributed by atoms with Gasteiger partial charge < -0.3 is 10.3 Å². The molecule has 0 aromatic carbocycles. The van der Waals surface area contributed by atoms with Crippen molar-refractivity contribution in [2.75, 3.05) is 11.5 Å². The quantitative estimate of drug-likeness (QED) is 0.650. The van der Waals surface area contributed by atoms with Gasteiger partial charge in [-0.3, -0.25) is 0 Å². The summed E-state index contributed by atoms with van der Waals surface area (Å²) >= 11 is 1.72. The first kappa shape index (κ1) is 17.6. The Morgan fingerprint density at radius 3 is 2.65 bits per heavy atom. The van der Waals surface area contributed by atoms with Gasteiger partial charge >= 0.3 is 0 Å². The summed E-state index contributed by atoms with van der Waals surface area (Å²) in [5.74, 6) is 1.77. The van der Waals surface area contributed by atoms with Gasteiger partial charge in [-0.2, -0.15) is 11.8 Å². The normalized spacial score (nSPS) is 13.8. The van der Waals surface area contributed by atoms with Crippen LogP contribution in [-0.2, 0) is 16.6 Å². The van der Waals surface area contributed by atoms with Crippen LogP contribution in [0, 0.1) is 0 Å². The molecule has 0 bridgehead atoms. The molecule has 5 nitrogen and oxygen atoms in total. The molecule has 0 fully saturated rings. The van der Waals surface area contributed by atoms with Crippen molar-refractivity contribution in [3.8, 4) is 0 Å². The molecule has 0 aliphatic carbocycles. The van der Waals surface area contributed by atoms with Crippen LogP contribution in [0.5, 0.6) is 0 Å². The number of aromatic amines is 1. The van der Waals surface area contributed by atoms with Crippen molar-refractivity contribution in [1.82, 2.24) is 15.0 Å². The third kappa shape index (κ3) is 5.87. The van der Waals surface area contributed by atoms with Gasteiger partial charge in [0.05, 0.1) is 4.90 Å². The SMILES string of the molecule is CCSCC(C)NS(=O)(=O)c1c[nH]c(CNC(C)C)c1. The molecule has 1 aromatic heterocycles. The molecular weight excluding hydrogens is 294 g/mol. The Balaban J connectivity index is 2.63. The molecule has 0 radical (unpaired) electrons. The molecule has 7 heteroatoms. The van der Waals surface area contributed by atoms with Gasteiger partial charge in [-0.25, -0.2) is 13.1 Å². The van der Waals surface area contributed by atoms with E-state index >= 15 is 0 Å². The molecule has 0 spiro atoms. The van der Waals surface area contributed by atoms with Crippen LogP contribution in [0.4, 0.5) is 0 Å². The van der Waals surface area contributed by atoms with E-state index in [1.54, 1.807) is 24.0 Å². The Labute approximate surface area is 126 Å². The number of aromatic nitrogens is 1. The monoisotopic (exact) mass is 319 g/mol. The van der Waals surface area contributed by atoms with Crippen molar-refractivity contribution >= 4 is 21.8 Å². The first-order chi connectivity index (χ1) is 9.35. The van der Waals surface area contributed by atoms with E-state index in [2.05, 4.69) is 35.8 Å². The van der Waals surface area contributed by atoms with Crippen molar-refractivity contribution in [3.63, 3.8) is 0 Å². The lowest BCUT2D eigenvalue weighted by atomic mass is 10.3. The second kappa shape index (κ2) is 8.07. The fraction of sp³-hybridized carbons (Fsp3) is 0.692. The maximum Gasteiger partial charge on any atom is 0.242 e. The zero-order valence-corrected chi connectivity index (χ0v) is 14.2. The number of nitrogens with one attached hydrogen (secondary N) is 3. The molecule has 0 aliphatic rings. The summed E-state index contributed by atoms with van der Waals surface area (Å²) < 4.78 is 27.1. The summed E-state index contributed by atoms with van der Waals surface area (Å²) in [6.45, 7) is 8.68. The first-order valence-electron chi connectivity index (χ1n) is 6.86. The average molecular weight is 319 g/mol. The van der Waals surface area contributed by atoms with Crippen molar-refractivity contribution in [2.45, 2.75) is 51.2 Å². The summed E-state index contributed by atoms with van der Waals surface area (Å²) in [7, 11) is -3.43. The first-order valence-corrected chi connectivity index (χ1v) is 9.49. The van der Waals surface area contributed by atoms with Gasteiger partial charge in [-0.1, -0.05) is 20.8 Å². The molecule has 0 saturated carbocycles.